The molecule has 1 saturated carbocycles. The summed E-state index contributed by atoms with van der Waals surface area (Å²) in [5.41, 5.74) is 1.30. The normalized spacial score (nSPS) is 15.4. The smallest absolute Gasteiger partial charge is 0.151 e. The fraction of sp³-hybridized carbons (Fsp3) is 0.533. The van der Waals surface area contributed by atoms with Gasteiger partial charge in [0.15, 0.2) is 5.82 Å². The first-order valence-corrected chi connectivity index (χ1v) is 7.23. The van der Waals surface area contributed by atoms with E-state index in [4.69, 9.17) is 0 Å². The van der Waals surface area contributed by atoms with E-state index in [0.29, 0.717) is 24.6 Å². The Kier molecular flexibility index (Phi) is 3.72. The van der Waals surface area contributed by atoms with Crippen LogP contribution in [0.25, 0.3) is 11.0 Å². The number of imidazole rings is 1. The maximum atomic E-state index is 13.8. The number of hydrogen-bond acceptors (Lipinski definition) is 3. The summed E-state index contributed by atoms with van der Waals surface area (Å²) < 4.78 is 15.9. The average molecular weight is 277 g/mol. The molecule has 1 aromatic carbocycles. The molecule has 0 bridgehead atoms. The van der Waals surface area contributed by atoms with Gasteiger partial charge in [0, 0.05) is 19.1 Å². The van der Waals surface area contributed by atoms with E-state index >= 15 is 0 Å². The number of aliphatic hydroxyl groups excluding tert-OH is 1. The summed E-state index contributed by atoms with van der Waals surface area (Å²) in [5, 5.41) is 9.17. The van der Waals surface area contributed by atoms with Crippen molar-refractivity contribution in [3.8, 4) is 0 Å². The number of rotatable bonds is 6. The molecule has 0 amide bonds. The lowest BCUT2D eigenvalue weighted by Crippen LogP contribution is -2.30. The molecular formula is C15H20FN3O. The molecule has 4 nitrogen and oxygen atoms in total. The zero-order valence-corrected chi connectivity index (χ0v) is 11.7. The van der Waals surface area contributed by atoms with Crippen LogP contribution in [0.15, 0.2) is 18.2 Å². The SMILES string of the molecule is CCn1c(CN(CCO)C2CC2)nc2c(F)cccc21. The first-order chi connectivity index (χ1) is 9.74. The molecule has 2 aromatic rings. The van der Waals surface area contributed by atoms with Crippen LogP contribution in [0.4, 0.5) is 4.39 Å². The zero-order chi connectivity index (χ0) is 14.1. The van der Waals surface area contributed by atoms with Crippen molar-refractivity contribution < 1.29 is 9.50 Å². The zero-order valence-electron chi connectivity index (χ0n) is 11.7. The molecule has 1 aliphatic rings. The van der Waals surface area contributed by atoms with Gasteiger partial charge in [-0.25, -0.2) is 9.37 Å². The van der Waals surface area contributed by atoms with Crippen molar-refractivity contribution in [2.45, 2.75) is 38.9 Å². The molecule has 5 heteroatoms. The molecule has 108 valence electrons. The number of hydrogen-bond donors (Lipinski definition) is 1. The number of aryl methyl sites for hydroxylation is 1. The molecule has 0 saturated heterocycles. The molecule has 0 aliphatic heterocycles. The van der Waals surface area contributed by atoms with Crippen molar-refractivity contribution in [3.63, 3.8) is 0 Å². The lowest BCUT2D eigenvalue weighted by Gasteiger charge is -2.20. The predicted octanol–water partition coefficient (Wildman–Crippen LogP) is 2.15. The second-order valence-electron chi connectivity index (χ2n) is 5.31. The Morgan fingerprint density at radius 2 is 2.25 bits per heavy atom. The van der Waals surface area contributed by atoms with Crippen LogP contribution in [0.2, 0.25) is 0 Å². The van der Waals surface area contributed by atoms with Crippen molar-refractivity contribution in [2.75, 3.05) is 13.2 Å². The van der Waals surface area contributed by atoms with E-state index in [1.54, 1.807) is 6.07 Å². The highest BCUT2D eigenvalue weighted by atomic mass is 19.1. The standard InChI is InChI=1S/C15H20FN3O/c1-2-19-13-5-3-4-12(16)15(13)17-14(19)10-18(8-9-20)11-6-7-11/h3-5,11,20H,2,6-10H2,1H3. The average Bonchev–Trinajstić information content (AvgIpc) is 3.21. The molecule has 0 radical (unpaired) electrons. The van der Waals surface area contributed by atoms with E-state index < -0.39 is 0 Å². The molecule has 1 aliphatic carbocycles. The van der Waals surface area contributed by atoms with Gasteiger partial charge in [0.25, 0.3) is 0 Å². The third-order valence-electron chi connectivity index (χ3n) is 3.92. The molecule has 0 unspecified atom stereocenters. The van der Waals surface area contributed by atoms with Gasteiger partial charge in [-0.15, -0.1) is 0 Å². The van der Waals surface area contributed by atoms with Gasteiger partial charge in [-0.2, -0.15) is 0 Å². The highest BCUT2D eigenvalue weighted by Crippen LogP contribution is 2.28. The van der Waals surface area contributed by atoms with Crippen LogP contribution in [0.1, 0.15) is 25.6 Å². The molecule has 1 aromatic heterocycles. The first-order valence-electron chi connectivity index (χ1n) is 7.23. The van der Waals surface area contributed by atoms with E-state index in [2.05, 4.69) is 14.5 Å². The summed E-state index contributed by atoms with van der Waals surface area (Å²) in [6.07, 6.45) is 2.36. The Morgan fingerprint density at radius 1 is 1.45 bits per heavy atom. The molecule has 1 N–H and O–H groups in total. The van der Waals surface area contributed by atoms with Gasteiger partial charge < -0.3 is 9.67 Å². The Labute approximate surface area is 117 Å². The fourth-order valence-corrected chi connectivity index (χ4v) is 2.77. The molecule has 20 heavy (non-hydrogen) atoms. The van der Waals surface area contributed by atoms with Crippen LogP contribution in [0.3, 0.4) is 0 Å². The fourth-order valence-electron chi connectivity index (χ4n) is 2.77. The van der Waals surface area contributed by atoms with Crippen molar-refractivity contribution in [1.29, 1.82) is 0 Å². The van der Waals surface area contributed by atoms with E-state index in [-0.39, 0.29) is 12.4 Å². The molecule has 0 spiro atoms. The maximum absolute atomic E-state index is 13.8. The van der Waals surface area contributed by atoms with Crippen LogP contribution in [-0.2, 0) is 13.1 Å². The van der Waals surface area contributed by atoms with Gasteiger partial charge in [0.05, 0.1) is 18.7 Å². The maximum Gasteiger partial charge on any atom is 0.151 e. The second kappa shape index (κ2) is 5.50. The van der Waals surface area contributed by atoms with Crippen LogP contribution >= 0.6 is 0 Å². The Hall–Kier alpha value is -1.46. The predicted molar refractivity (Wildman–Crippen MR) is 75.9 cm³/mol. The van der Waals surface area contributed by atoms with Gasteiger partial charge >= 0.3 is 0 Å². The summed E-state index contributed by atoms with van der Waals surface area (Å²) in [7, 11) is 0. The third-order valence-corrected chi connectivity index (χ3v) is 3.92. The molecular weight excluding hydrogens is 257 g/mol. The van der Waals surface area contributed by atoms with E-state index in [0.717, 1.165) is 17.9 Å². The van der Waals surface area contributed by atoms with Crippen molar-refractivity contribution in [3.05, 3.63) is 29.8 Å². The summed E-state index contributed by atoms with van der Waals surface area (Å²) in [6, 6.07) is 5.64. The van der Waals surface area contributed by atoms with Gasteiger partial charge in [-0.05, 0) is 31.9 Å². The van der Waals surface area contributed by atoms with Crippen molar-refractivity contribution >= 4 is 11.0 Å². The van der Waals surface area contributed by atoms with Crippen molar-refractivity contribution in [1.82, 2.24) is 14.5 Å². The number of nitrogens with zero attached hydrogens (tertiary/aromatic N) is 3. The van der Waals surface area contributed by atoms with Crippen LogP contribution in [0, 0.1) is 5.82 Å². The Morgan fingerprint density at radius 3 is 2.90 bits per heavy atom. The largest absolute Gasteiger partial charge is 0.395 e. The third kappa shape index (κ3) is 2.43. The highest BCUT2D eigenvalue weighted by Gasteiger charge is 2.29. The summed E-state index contributed by atoms with van der Waals surface area (Å²) in [5.74, 6) is 0.615. The number of aromatic nitrogens is 2. The minimum Gasteiger partial charge on any atom is -0.395 e. The Balaban J connectivity index is 1.95. The van der Waals surface area contributed by atoms with Gasteiger partial charge in [0.1, 0.15) is 11.3 Å². The lowest BCUT2D eigenvalue weighted by atomic mass is 10.3. The molecule has 1 fully saturated rings. The number of benzene rings is 1. The number of aliphatic hydroxyl groups is 1. The van der Waals surface area contributed by atoms with E-state index in [1.165, 1.54) is 18.9 Å². The van der Waals surface area contributed by atoms with Gasteiger partial charge in [0.2, 0.25) is 0 Å². The van der Waals surface area contributed by atoms with E-state index in [9.17, 15) is 9.50 Å². The summed E-state index contributed by atoms with van der Waals surface area (Å²) >= 11 is 0. The van der Waals surface area contributed by atoms with Crippen LogP contribution in [0.5, 0.6) is 0 Å². The quantitative estimate of drug-likeness (QED) is 0.879. The topological polar surface area (TPSA) is 41.3 Å². The molecule has 1 heterocycles. The van der Waals surface area contributed by atoms with Gasteiger partial charge in [-0.1, -0.05) is 6.07 Å². The number of halogens is 1. The Bertz CT molecular complexity index is 606. The number of fused-ring (bicyclic) bond motifs is 1. The minimum atomic E-state index is -0.268. The minimum absolute atomic E-state index is 0.150. The molecule has 0 atom stereocenters. The lowest BCUT2D eigenvalue weighted by molar-refractivity contribution is 0.179. The summed E-state index contributed by atoms with van der Waals surface area (Å²) in [6.45, 7) is 4.29. The molecule has 3 rings (SSSR count). The second-order valence-corrected chi connectivity index (χ2v) is 5.31. The number of para-hydroxylation sites is 1. The first kappa shape index (κ1) is 13.5. The van der Waals surface area contributed by atoms with E-state index in [1.807, 2.05) is 13.0 Å². The summed E-state index contributed by atoms with van der Waals surface area (Å²) in [4.78, 5) is 6.72. The van der Waals surface area contributed by atoms with Crippen LogP contribution in [-0.4, -0.2) is 38.8 Å². The monoisotopic (exact) mass is 277 g/mol. The van der Waals surface area contributed by atoms with Crippen molar-refractivity contribution in [2.24, 2.45) is 0 Å². The van der Waals surface area contributed by atoms with Crippen LogP contribution < -0.4 is 0 Å². The van der Waals surface area contributed by atoms with Gasteiger partial charge in [-0.3, -0.25) is 4.90 Å². The highest BCUT2D eigenvalue weighted by molar-refractivity contribution is 5.76.